The average Bonchev–Trinajstić information content (AvgIpc) is 3.06. The summed E-state index contributed by atoms with van der Waals surface area (Å²) < 4.78 is 29.7. The van der Waals surface area contributed by atoms with E-state index in [0.29, 0.717) is 34.9 Å². The van der Waals surface area contributed by atoms with Crippen LogP contribution >= 0.6 is 7.82 Å². The molecule has 2 aromatic heterocycles. The van der Waals surface area contributed by atoms with Crippen molar-refractivity contribution in [1.82, 2.24) is 25.2 Å². The molecule has 1 atom stereocenters. The van der Waals surface area contributed by atoms with Crippen LogP contribution in [-0.4, -0.2) is 54.2 Å². The summed E-state index contributed by atoms with van der Waals surface area (Å²) in [5.41, 5.74) is 1.95. The quantitative estimate of drug-likeness (QED) is 0.560. The number of anilines is 1. The lowest BCUT2D eigenvalue weighted by molar-refractivity contribution is -0.0801. The van der Waals surface area contributed by atoms with Gasteiger partial charge >= 0.3 is 7.82 Å². The van der Waals surface area contributed by atoms with E-state index >= 15 is 0 Å². The largest absolute Gasteiger partial charge is 0.469 e. The number of hydroxylamine groups is 1. The second-order valence-corrected chi connectivity index (χ2v) is 7.51. The second kappa shape index (κ2) is 7.58. The van der Waals surface area contributed by atoms with Gasteiger partial charge in [-0.25, -0.2) is 8.96 Å². The van der Waals surface area contributed by atoms with E-state index in [9.17, 15) is 8.96 Å². The second-order valence-electron chi connectivity index (χ2n) is 6.27. The Morgan fingerprint density at radius 1 is 1.34 bits per heavy atom. The molecule has 0 unspecified atom stereocenters. The third-order valence-electron chi connectivity index (χ3n) is 4.13. The van der Waals surface area contributed by atoms with Gasteiger partial charge < -0.3 is 9.79 Å². The molecule has 1 aliphatic rings. The highest BCUT2D eigenvalue weighted by molar-refractivity contribution is 7.46. The molecule has 0 spiro atoms. The summed E-state index contributed by atoms with van der Waals surface area (Å²) in [4.78, 5) is 28.3. The summed E-state index contributed by atoms with van der Waals surface area (Å²) in [5, 5.41) is 13.1. The zero-order valence-electron chi connectivity index (χ0n) is 15.1. The van der Waals surface area contributed by atoms with Crippen LogP contribution in [-0.2, 0) is 21.0 Å². The zero-order valence-corrected chi connectivity index (χ0v) is 16.0. The Morgan fingerprint density at radius 3 is 2.72 bits per heavy atom. The smallest absolute Gasteiger partial charge is 0.303 e. The predicted octanol–water partition coefficient (Wildman–Crippen LogP) is 1.31. The fourth-order valence-corrected chi connectivity index (χ4v) is 3.11. The minimum atomic E-state index is -4.54. The Balaban J connectivity index is 1.42. The molecule has 4 rings (SSSR count). The molecule has 2 N–H and O–H groups in total. The van der Waals surface area contributed by atoms with Gasteiger partial charge in [0, 0.05) is 23.4 Å². The molecule has 0 bridgehead atoms. The van der Waals surface area contributed by atoms with E-state index in [1.807, 2.05) is 0 Å². The average molecular weight is 422 g/mol. The first kappa shape index (κ1) is 19.6. The molecule has 13 heteroatoms. The Kier molecular flexibility index (Phi) is 5.11. The van der Waals surface area contributed by atoms with Crippen molar-refractivity contribution >= 4 is 13.5 Å². The van der Waals surface area contributed by atoms with Gasteiger partial charge in [0.15, 0.2) is 0 Å². The summed E-state index contributed by atoms with van der Waals surface area (Å²) in [6.45, 7) is 0.0696. The van der Waals surface area contributed by atoms with Crippen LogP contribution in [0, 0.1) is 5.82 Å². The molecule has 1 saturated heterocycles. The van der Waals surface area contributed by atoms with E-state index in [0.717, 1.165) is 0 Å². The highest BCUT2D eigenvalue weighted by Gasteiger charge is 2.31. The van der Waals surface area contributed by atoms with Gasteiger partial charge in [0.25, 0.3) is 0 Å². The number of aryl methyl sites for hydroxylation is 1. The zero-order chi connectivity index (χ0) is 20.6. The van der Waals surface area contributed by atoms with Crippen LogP contribution in [0.5, 0.6) is 0 Å². The lowest BCUT2D eigenvalue weighted by Crippen LogP contribution is -2.50. The molecule has 1 aromatic carbocycles. The van der Waals surface area contributed by atoms with E-state index in [4.69, 9.17) is 14.6 Å². The van der Waals surface area contributed by atoms with Crippen LogP contribution < -0.4 is 5.06 Å². The van der Waals surface area contributed by atoms with Crippen molar-refractivity contribution < 1.29 is 28.1 Å². The van der Waals surface area contributed by atoms with Crippen LogP contribution in [0.2, 0.25) is 0 Å². The fraction of sp³-hybridized carbons (Fsp3) is 0.250. The highest BCUT2D eigenvalue weighted by Crippen LogP contribution is 2.37. The Bertz CT molecular complexity index is 1070. The van der Waals surface area contributed by atoms with Gasteiger partial charge in [-0.05, 0) is 23.4 Å². The number of hydrogen-bond acceptors (Lipinski definition) is 8. The highest BCUT2D eigenvalue weighted by atomic mass is 31.2. The van der Waals surface area contributed by atoms with Gasteiger partial charge in [0.2, 0.25) is 5.82 Å². The monoisotopic (exact) mass is 422 g/mol. The number of aromatic nitrogens is 5. The maximum absolute atomic E-state index is 14.6. The first-order valence-corrected chi connectivity index (χ1v) is 9.96. The van der Waals surface area contributed by atoms with Gasteiger partial charge in [0.1, 0.15) is 17.6 Å². The number of rotatable bonds is 6. The Hall–Kier alpha value is -2.76. The first-order chi connectivity index (χ1) is 13.8. The summed E-state index contributed by atoms with van der Waals surface area (Å²) in [5.74, 6) is -0.0877. The third-order valence-corrected chi connectivity index (χ3v) is 4.61. The van der Waals surface area contributed by atoms with Crippen molar-refractivity contribution in [2.75, 3.05) is 18.2 Å². The van der Waals surface area contributed by atoms with Crippen LogP contribution in [0.4, 0.5) is 10.1 Å². The number of phosphoric ester groups is 1. The minimum absolute atomic E-state index is 0.250. The summed E-state index contributed by atoms with van der Waals surface area (Å²) >= 11 is 0. The molecule has 152 valence electrons. The number of tetrazole rings is 1. The van der Waals surface area contributed by atoms with Crippen LogP contribution in [0.3, 0.4) is 0 Å². The molecule has 0 amide bonds. The Labute approximate surface area is 163 Å². The number of phosphoric acid groups is 1. The lowest BCUT2D eigenvalue weighted by Gasteiger charge is -2.39. The molecule has 1 fully saturated rings. The van der Waals surface area contributed by atoms with E-state index in [1.165, 1.54) is 22.1 Å². The van der Waals surface area contributed by atoms with Crippen LogP contribution in [0.15, 0.2) is 36.5 Å². The molecule has 3 aromatic rings. The summed E-state index contributed by atoms with van der Waals surface area (Å²) in [7, 11) is -2.89. The van der Waals surface area contributed by atoms with E-state index in [-0.39, 0.29) is 6.61 Å². The normalized spacial score (nSPS) is 16.7. The maximum Gasteiger partial charge on any atom is 0.469 e. The number of pyridine rings is 1. The van der Waals surface area contributed by atoms with E-state index in [2.05, 4.69) is 24.9 Å². The van der Waals surface area contributed by atoms with Crippen molar-refractivity contribution in [2.24, 2.45) is 7.05 Å². The molecular weight excluding hydrogens is 406 g/mol. The van der Waals surface area contributed by atoms with E-state index < -0.39 is 19.7 Å². The molecule has 0 radical (unpaired) electrons. The molecule has 1 aliphatic heterocycles. The maximum atomic E-state index is 14.6. The molecule has 0 saturated carbocycles. The van der Waals surface area contributed by atoms with Crippen molar-refractivity contribution in [3.05, 3.63) is 42.3 Å². The van der Waals surface area contributed by atoms with Crippen molar-refractivity contribution in [3.8, 4) is 22.6 Å². The van der Waals surface area contributed by atoms with Crippen molar-refractivity contribution in [2.45, 2.75) is 6.10 Å². The van der Waals surface area contributed by atoms with Crippen LogP contribution in [0.25, 0.3) is 22.6 Å². The standard InChI is InChI=1S/C16H16FN6O5P/c1-22-20-16(19-21-22)15-5-2-10(7-18-15)13-4-3-11(6-14(13)17)23-8-12(28-23)9-27-29(24,25)26/h2-7,12H,8-9H2,1H3,(H2,24,25,26)/t12-/m1/s1. The minimum Gasteiger partial charge on any atom is -0.303 e. The van der Waals surface area contributed by atoms with Gasteiger partial charge in [0.05, 0.1) is 25.9 Å². The van der Waals surface area contributed by atoms with E-state index in [1.54, 1.807) is 31.3 Å². The summed E-state index contributed by atoms with van der Waals surface area (Å²) in [6, 6.07) is 7.99. The first-order valence-electron chi connectivity index (χ1n) is 8.43. The van der Waals surface area contributed by atoms with Crippen molar-refractivity contribution in [3.63, 3.8) is 0 Å². The number of halogens is 1. The molecule has 0 aliphatic carbocycles. The number of hydrogen-bond donors (Lipinski definition) is 2. The summed E-state index contributed by atoms with van der Waals surface area (Å²) in [6.07, 6.45) is 1.02. The number of benzene rings is 1. The Morgan fingerprint density at radius 2 is 2.14 bits per heavy atom. The molecule has 3 heterocycles. The molecule has 29 heavy (non-hydrogen) atoms. The van der Waals surface area contributed by atoms with Gasteiger partial charge in [-0.1, -0.05) is 6.07 Å². The topological polar surface area (TPSA) is 136 Å². The SMILES string of the molecule is Cn1nnc(-c2ccc(-c3ccc(N4C[C@H](COP(=O)(O)O)O4)cc3F)cn2)n1. The number of nitrogens with zero attached hydrogens (tertiary/aromatic N) is 6. The molecule has 11 nitrogen and oxygen atoms in total. The predicted molar refractivity (Wildman–Crippen MR) is 97.6 cm³/mol. The van der Waals surface area contributed by atoms with Gasteiger partial charge in [-0.3, -0.25) is 19.4 Å². The van der Waals surface area contributed by atoms with Gasteiger partial charge in [-0.2, -0.15) is 4.80 Å². The van der Waals surface area contributed by atoms with Crippen LogP contribution in [0.1, 0.15) is 0 Å². The fourth-order valence-electron chi connectivity index (χ4n) is 2.75. The third kappa shape index (κ3) is 4.47. The van der Waals surface area contributed by atoms with Gasteiger partial charge in [-0.15, -0.1) is 10.2 Å². The van der Waals surface area contributed by atoms with Crippen molar-refractivity contribution in [1.29, 1.82) is 0 Å². The molecular formula is C16H16FN6O5P. The lowest BCUT2D eigenvalue weighted by atomic mass is 10.1.